The van der Waals surface area contributed by atoms with Crippen LogP contribution >= 0.6 is 0 Å². The van der Waals surface area contributed by atoms with E-state index in [-0.39, 0.29) is 11.5 Å². The standard InChI is InChI=1S/C63H82N2O/c1-2-44-26-36-53(37-27-44)66-54-38-31-48(32-39-54)63(47-16-6-3-7-17-47)59-24-14-12-22-55(59)56-40-35-52(43-60(56)63)64(49-18-8-4-9-19-49)51-33-28-45(29-34-51)46-30-41-62-58(42-46)57-23-13-15-25-61(57)65(62)50-20-10-5-11-21-50/h2,4,8,13-15,24,26-28,31,33,35-37,40,42,47,49-50,52,54-62H,1,3,5-7,9-12,16-23,25,29-30,32,34,38-39,41,43H2. The fraction of sp³-hybridized carbons (Fsp3) is 0.619. The molecule has 12 atom stereocenters. The Morgan fingerprint density at radius 1 is 0.652 bits per heavy atom. The van der Waals surface area contributed by atoms with Gasteiger partial charge in [0.2, 0.25) is 0 Å². The fourth-order valence-electron chi connectivity index (χ4n) is 17.7. The first-order valence-electron chi connectivity index (χ1n) is 28.1. The van der Waals surface area contributed by atoms with Crippen molar-refractivity contribution in [1.82, 2.24) is 9.80 Å². The maximum Gasteiger partial charge on any atom is 0.119 e. The summed E-state index contributed by atoms with van der Waals surface area (Å²) in [6, 6.07) is 12.0. The average Bonchev–Trinajstić information content (AvgIpc) is 3.88. The van der Waals surface area contributed by atoms with Crippen LogP contribution in [0.5, 0.6) is 5.75 Å². The minimum atomic E-state index is 0.258. The number of fused-ring (bicyclic) bond motifs is 6. The van der Waals surface area contributed by atoms with Crippen LogP contribution in [0.15, 0.2) is 126 Å². The zero-order valence-electron chi connectivity index (χ0n) is 40.5. The molecule has 1 saturated heterocycles. The van der Waals surface area contributed by atoms with Crippen molar-refractivity contribution in [3.05, 3.63) is 132 Å². The molecule has 0 spiro atoms. The molecule has 10 aliphatic carbocycles. The van der Waals surface area contributed by atoms with Crippen LogP contribution in [-0.4, -0.2) is 46.1 Å². The lowest BCUT2D eigenvalue weighted by Gasteiger charge is -2.54. The summed E-state index contributed by atoms with van der Waals surface area (Å²) in [5.74, 6) is 6.21. The van der Waals surface area contributed by atoms with Gasteiger partial charge in [-0.15, -0.1) is 0 Å². The Bertz CT molecular complexity index is 2170. The number of ether oxygens (including phenoxy) is 1. The van der Waals surface area contributed by atoms with E-state index in [9.17, 15) is 0 Å². The Kier molecular flexibility index (Phi) is 12.6. The molecule has 3 saturated carbocycles. The first-order chi connectivity index (χ1) is 32.7. The van der Waals surface area contributed by atoms with E-state index in [1.54, 1.807) is 16.8 Å². The Balaban J connectivity index is 0.845. The SMILES string of the molecule is C=Cc1ccc(OC2CC=C(C3(C4CCCCC4)C4C=CCCC4C4C=CC(N(C5=CC=C(C6=CC7C8CC=CCC8N(C8CCCCC8)C7CC6)CC5)C5CC=CCC5)CC43)CC2)cc1. The highest BCUT2D eigenvalue weighted by Crippen LogP contribution is 2.70. The maximum absolute atomic E-state index is 6.72. The second kappa shape index (κ2) is 19.1. The molecule has 0 amide bonds. The molecule has 0 N–H and O–H groups in total. The van der Waals surface area contributed by atoms with Gasteiger partial charge < -0.3 is 9.64 Å². The van der Waals surface area contributed by atoms with Gasteiger partial charge in [0.25, 0.3) is 0 Å². The van der Waals surface area contributed by atoms with E-state index < -0.39 is 0 Å². The number of hydrogen-bond donors (Lipinski definition) is 0. The van der Waals surface area contributed by atoms with E-state index in [1.165, 1.54) is 148 Å². The van der Waals surface area contributed by atoms with Gasteiger partial charge in [-0.1, -0.05) is 136 Å². The molecule has 12 unspecified atom stereocenters. The molecule has 4 fully saturated rings. The summed E-state index contributed by atoms with van der Waals surface area (Å²) in [7, 11) is 0. The highest BCUT2D eigenvalue weighted by molar-refractivity contribution is 5.48. The minimum absolute atomic E-state index is 0.258. The zero-order chi connectivity index (χ0) is 44.0. The van der Waals surface area contributed by atoms with Gasteiger partial charge in [-0.2, -0.15) is 0 Å². The van der Waals surface area contributed by atoms with Crippen molar-refractivity contribution in [1.29, 1.82) is 0 Å². The summed E-state index contributed by atoms with van der Waals surface area (Å²) in [6.07, 6.45) is 67.2. The third kappa shape index (κ3) is 7.90. The van der Waals surface area contributed by atoms with Crippen LogP contribution in [-0.2, 0) is 0 Å². The van der Waals surface area contributed by atoms with Gasteiger partial charge in [0.1, 0.15) is 11.9 Å². The predicted molar refractivity (Wildman–Crippen MR) is 275 cm³/mol. The fourth-order valence-corrected chi connectivity index (χ4v) is 17.7. The summed E-state index contributed by atoms with van der Waals surface area (Å²) < 4.78 is 6.72. The van der Waals surface area contributed by atoms with Gasteiger partial charge >= 0.3 is 0 Å². The largest absolute Gasteiger partial charge is 0.490 e. The maximum atomic E-state index is 6.72. The monoisotopic (exact) mass is 883 g/mol. The topological polar surface area (TPSA) is 15.7 Å². The number of likely N-dealkylation sites (tertiary alicyclic amines) is 1. The van der Waals surface area contributed by atoms with E-state index in [0.29, 0.717) is 29.8 Å². The van der Waals surface area contributed by atoms with Crippen molar-refractivity contribution in [2.24, 2.45) is 46.8 Å². The van der Waals surface area contributed by atoms with Crippen LogP contribution in [0.2, 0.25) is 0 Å². The summed E-state index contributed by atoms with van der Waals surface area (Å²) in [6.45, 7) is 3.96. The van der Waals surface area contributed by atoms with Crippen molar-refractivity contribution in [3.8, 4) is 5.75 Å². The van der Waals surface area contributed by atoms with Crippen molar-refractivity contribution in [2.75, 3.05) is 0 Å². The van der Waals surface area contributed by atoms with Crippen molar-refractivity contribution >= 4 is 6.08 Å². The molecule has 66 heavy (non-hydrogen) atoms. The van der Waals surface area contributed by atoms with Crippen molar-refractivity contribution in [3.63, 3.8) is 0 Å². The van der Waals surface area contributed by atoms with Gasteiger partial charge in [0.15, 0.2) is 0 Å². The molecule has 0 bridgehead atoms. The van der Waals surface area contributed by atoms with Crippen molar-refractivity contribution in [2.45, 2.75) is 197 Å². The van der Waals surface area contributed by atoms with Gasteiger partial charge in [-0.05, 0) is 192 Å². The Morgan fingerprint density at radius 3 is 2.24 bits per heavy atom. The lowest BCUT2D eigenvalue weighted by atomic mass is 9.52. The Hall–Kier alpha value is -3.56. The summed E-state index contributed by atoms with van der Waals surface area (Å²) in [5.41, 5.74) is 8.29. The van der Waals surface area contributed by atoms with Crippen LogP contribution in [0.3, 0.4) is 0 Å². The number of rotatable bonds is 10. The molecule has 1 aliphatic heterocycles. The number of benzene rings is 1. The first-order valence-corrected chi connectivity index (χ1v) is 28.1. The molecule has 11 aliphatic rings. The third-order valence-corrected chi connectivity index (χ3v) is 20.4. The van der Waals surface area contributed by atoms with Crippen LogP contribution in [0.1, 0.15) is 166 Å². The molecule has 1 heterocycles. The zero-order valence-corrected chi connectivity index (χ0v) is 40.5. The molecule has 0 radical (unpaired) electrons. The molecular weight excluding hydrogens is 801 g/mol. The smallest absolute Gasteiger partial charge is 0.119 e. The second-order valence-corrected chi connectivity index (χ2v) is 23.3. The summed E-state index contributed by atoms with van der Waals surface area (Å²) >= 11 is 0. The predicted octanol–water partition coefficient (Wildman–Crippen LogP) is 15.6. The molecule has 1 aromatic carbocycles. The summed E-state index contributed by atoms with van der Waals surface area (Å²) in [4.78, 5) is 6.17. The molecule has 1 aromatic rings. The van der Waals surface area contributed by atoms with E-state index >= 15 is 0 Å². The second-order valence-electron chi connectivity index (χ2n) is 23.3. The van der Waals surface area contributed by atoms with E-state index in [1.807, 2.05) is 11.6 Å². The molecule has 12 rings (SSSR count). The minimum Gasteiger partial charge on any atom is -0.490 e. The lowest BCUT2D eigenvalue weighted by molar-refractivity contribution is 0.0378. The molecule has 0 aromatic heterocycles. The van der Waals surface area contributed by atoms with Gasteiger partial charge in [-0.25, -0.2) is 0 Å². The average molecular weight is 883 g/mol. The van der Waals surface area contributed by atoms with E-state index in [0.717, 1.165) is 66.0 Å². The van der Waals surface area contributed by atoms with Crippen LogP contribution in [0.4, 0.5) is 0 Å². The Morgan fingerprint density at radius 2 is 1.47 bits per heavy atom. The van der Waals surface area contributed by atoms with Crippen LogP contribution in [0.25, 0.3) is 6.08 Å². The Labute approximate surface area is 400 Å². The van der Waals surface area contributed by atoms with Crippen LogP contribution in [0, 0.1) is 46.8 Å². The summed E-state index contributed by atoms with van der Waals surface area (Å²) in [5, 5.41) is 0. The van der Waals surface area contributed by atoms with Gasteiger partial charge in [-0.3, -0.25) is 4.90 Å². The third-order valence-electron chi connectivity index (χ3n) is 20.4. The highest BCUT2D eigenvalue weighted by Gasteiger charge is 2.64. The van der Waals surface area contributed by atoms with Crippen molar-refractivity contribution < 1.29 is 4.74 Å². The molecular formula is C63H82N2O. The quantitative estimate of drug-likeness (QED) is 0.218. The van der Waals surface area contributed by atoms with Gasteiger partial charge in [0, 0.05) is 47.7 Å². The molecule has 3 heteroatoms. The first kappa shape index (κ1) is 43.7. The van der Waals surface area contributed by atoms with Crippen LogP contribution < -0.4 is 4.74 Å². The lowest BCUT2D eigenvalue weighted by Crippen LogP contribution is -2.49. The number of allylic oxidation sites excluding steroid dienone is 11. The highest BCUT2D eigenvalue weighted by atomic mass is 16.5. The van der Waals surface area contributed by atoms with E-state index in [4.69, 9.17) is 4.74 Å². The van der Waals surface area contributed by atoms with E-state index in [2.05, 4.69) is 114 Å². The molecule has 3 nitrogen and oxygen atoms in total. The number of hydrogen-bond acceptors (Lipinski definition) is 3. The molecule has 350 valence electrons. The number of nitrogens with zero attached hydrogens (tertiary/aromatic N) is 2. The normalized spacial score (nSPS) is 39.1. The van der Waals surface area contributed by atoms with Gasteiger partial charge in [0.05, 0.1) is 0 Å².